The number of halogens is 1. The molecule has 25 heavy (non-hydrogen) atoms. The van der Waals surface area contributed by atoms with E-state index in [0.29, 0.717) is 24.0 Å². The molecule has 5 heteroatoms. The third-order valence-electron chi connectivity index (χ3n) is 5.29. The van der Waals surface area contributed by atoms with Gasteiger partial charge in [0.05, 0.1) is 11.8 Å². The number of benzene rings is 1. The summed E-state index contributed by atoms with van der Waals surface area (Å²) >= 11 is 5.86. The molecule has 0 spiro atoms. The first-order chi connectivity index (χ1) is 12.1. The SMILES string of the molecule is O=C(NCCc1ccc(Cl)cc1)C1CC1C(=O)NC1CCCCCC1. The Morgan fingerprint density at radius 3 is 2.28 bits per heavy atom. The molecule has 0 saturated heterocycles. The minimum Gasteiger partial charge on any atom is -0.356 e. The smallest absolute Gasteiger partial charge is 0.224 e. The van der Waals surface area contributed by atoms with Crippen molar-refractivity contribution in [3.8, 4) is 0 Å². The predicted molar refractivity (Wildman–Crippen MR) is 99.4 cm³/mol. The Labute approximate surface area is 154 Å². The van der Waals surface area contributed by atoms with E-state index in [2.05, 4.69) is 10.6 Å². The Morgan fingerprint density at radius 1 is 0.960 bits per heavy atom. The average Bonchev–Trinajstić information content (AvgIpc) is 3.41. The standard InChI is InChI=1S/C20H27ClN2O2/c21-15-9-7-14(8-10-15)11-12-22-19(24)17-13-18(17)20(25)23-16-5-3-1-2-4-6-16/h7-10,16-18H,1-6,11-13H2,(H,22,24)(H,23,25). The van der Waals surface area contributed by atoms with Gasteiger partial charge in [0.1, 0.15) is 0 Å². The molecular formula is C20H27ClN2O2. The summed E-state index contributed by atoms with van der Waals surface area (Å²) in [7, 11) is 0. The fourth-order valence-corrected chi connectivity index (χ4v) is 3.74. The molecule has 2 aliphatic carbocycles. The fraction of sp³-hybridized carbons (Fsp3) is 0.600. The van der Waals surface area contributed by atoms with Crippen LogP contribution in [-0.2, 0) is 16.0 Å². The first kappa shape index (κ1) is 18.2. The van der Waals surface area contributed by atoms with Gasteiger partial charge in [-0.15, -0.1) is 0 Å². The van der Waals surface area contributed by atoms with Crippen LogP contribution >= 0.6 is 11.6 Å². The monoisotopic (exact) mass is 362 g/mol. The van der Waals surface area contributed by atoms with Gasteiger partial charge in [-0.25, -0.2) is 0 Å². The molecule has 3 rings (SSSR count). The van der Waals surface area contributed by atoms with Gasteiger partial charge in [0, 0.05) is 17.6 Å². The van der Waals surface area contributed by atoms with E-state index in [1.165, 1.54) is 25.7 Å². The maximum atomic E-state index is 12.3. The molecule has 2 fully saturated rings. The molecule has 0 bridgehead atoms. The van der Waals surface area contributed by atoms with Gasteiger partial charge >= 0.3 is 0 Å². The zero-order valence-electron chi connectivity index (χ0n) is 14.6. The third kappa shape index (κ3) is 5.46. The molecule has 2 saturated carbocycles. The summed E-state index contributed by atoms with van der Waals surface area (Å²) in [4.78, 5) is 24.5. The van der Waals surface area contributed by atoms with Crippen molar-refractivity contribution in [2.24, 2.45) is 11.8 Å². The van der Waals surface area contributed by atoms with E-state index in [1.54, 1.807) is 0 Å². The summed E-state index contributed by atoms with van der Waals surface area (Å²) in [5, 5.41) is 6.83. The van der Waals surface area contributed by atoms with Crippen LogP contribution in [0, 0.1) is 11.8 Å². The number of carbonyl (C=O) groups excluding carboxylic acids is 2. The topological polar surface area (TPSA) is 58.2 Å². The largest absolute Gasteiger partial charge is 0.356 e. The Balaban J connectivity index is 1.36. The van der Waals surface area contributed by atoms with E-state index in [0.717, 1.165) is 24.8 Å². The second-order valence-corrected chi connectivity index (χ2v) is 7.75. The van der Waals surface area contributed by atoms with Crippen LogP contribution in [0.25, 0.3) is 0 Å². The molecule has 136 valence electrons. The fourth-order valence-electron chi connectivity index (χ4n) is 3.62. The second-order valence-electron chi connectivity index (χ2n) is 7.31. The summed E-state index contributed by atoms with van der Waals surface area (Å²) in [5.41, 5.74) is 1.14. The number of carbonyl (C=O) groups is 2. The number of amides is 2. The van der Waals surface area contributed by atoms with Crippen molar-refractivity contribution in [2.45, 2.75) is 57.4 Å². The van der Waals surface area contributed by atoms with Crippen LogP contribution in [-0.4, -0.2) is 24.4 Å². The van der Waals surface area contributed by atoms with Crippen molar-refractivity contribution in [2.75, 3.05) is 6.54 Å². The average molecular weight is 363 g/mol. The van der Waals surface area contributed by atoms with Gasteiger partial charge in [-0.3, -0.25) is 9.59 Å². The van der Waals surface area contributed by atoms with Crippen molar-refractivity contribution in [1.82, 2.24) is 10.6 Å². The Morgan fingerprint density at radius 2 is 1.60 bits per heavy atom. The number of nitrogens with one attached hydrogen (secondary N) is 2. The summed E-state index contributed by atoms with van der Waals surface area (Å²) in [6.45, 7) is 0.591. The van der Waals surface area contributed by atoms with Gasteiger partial charge in [-0.2, -0.15) is 0 Å². The first-order valence-electron chi connectivity index (χ1n) is 9.46. The molecule has 2 atom stereocenters. The number of hydrogen-bond acceptors (Lipinski definition) is 2. The van der Waals surface area contributed by atoms with E-state index in [4.69, 9.17) is 11.6 Å². The number of hydrogen-bond donors (Lipinski definition) is 2. The molecule has 2 unspecified atom stereocenters. The van der Waals surface area contributed by atoms with E-state index in [9.17, 15) is 9.59 Å². The van der Waals surface area contributed by atoms with Crippen molar-refractivity contribution < 1.29 is 9.59 Å². The normalized spacial score (nSPS) is 23.6. The number of rotatable bonds is 6. The van der Waals surface area contributed by atoms with Crippen molar-refractivity contribution in [3.63, 3.8) is 0 Å². The lowest BCUT2D eigenvalue weighted by molar-refractivity contribution is -0.127. The Hall–Kier alpha value is -1.55. The molecule has 1 aromatic carbocycles. The molecule has 1 aromatic rings. The third-order valence-corrected chi connectivity index (χ3v) is 5.54. The van der Waals surface area contributed by atoms with E-state index in [1.807, 2.05) is 24.3 Å². The van der Waals surface area contributed by atoms with Gasteiger partial charge < -0.3 is 10.6 Å². The molecular weight excluding hydrogens is 336 g/mol. The highest BCUT2D eigenvalue weighted by molar-refractivity contribution is 6.30. The molecule has 0 heterocycles. The van der Waals surface area contributed by atoms with Crippen LogP contribution in [0.15, 0.2) is 24.3 Å². The highest BCUT2D eigenvalue weighted by Gasteiger charge is 2.48. The van der Waals surface area contributed by atoms with Gasteiger partial charge in [-0.05, 0) is 43.4 Å². The van der Waals surface area contributed by atoms with Crippen LogP contribution in [0.4, 0.5) is 0 Å². The molecule has 2 aliphatic rings. The molecule has 2 amide bonds. The molecule has 0 radical (unpaired) electrons. The second kappa shape index (κ2) is 8.70. The maximum Gasteiger partial charge on any atom is 0.224 e. The lowest BCUT2D eigenvalue weighted by atomic mass is 10.1. The summed E-state index contributed by atoms with van der Waals surface area (Å²) < 4.78 is 0. The van der Waals surface area contributed by atoms with Gasteiger partial charge in [0.15, 0.2) is 0 Å². The van der Waals surface area contributed by atoms with Crippen LogP contribution < -0.4 is 10.6 Å². The highest BCUT2D eigenvalue weighted by atomic mass is 35.5. The minimum atomic E-state index is -0.143. The van der Waals surface area contributed by atoms with E-state index < -0.39 is 0 Å². The molecule has 2 N–H and O–H groups in total. The van der Waals surface area contributed by atoms with Crippen molar-refractivity contribution >= 4 is 23.4 Å². The van der Waals surface area contributed by atoms with Gasteiger partial charge in [0.2, 0.25) is 11.8 Å². The highest BCUT2D eigenvalue weighted by Crippen LogP contribution is 2.39. The molecule has 0 aliphatic heterocycles. The van der Waals surface area contributed by atoms with Crippen LogP contribution in [0.3, 0.4) is 0 Å². The van der Waals surface area contributed by atoms with Crippen molar-refractivity contribution in [1.29, 1.82) is 0 Å². The lowest BCUT2D eigenvalue weighted by Crippen LogP contribution is -2.37. The van der Waals surface area contributed by atoms with Gasteiger partial charge in [0.25, 0.3) is 0 Å². The summed E-state index contributed by atoms with van der Waals surface area (Å²) in [6, 6.07) is 7.95. The van der Waals surface area contributed by atoms with E-state index >= 15 is 0 Å². The van der Waals surface area contributed by atoms with Crippen LogP contribution in [0.1, 0.15) is 50.5 Å². The van der Waals surface area contributed by atoms with Crippen LogP contribution in [0.5, 0.6) is 0 Å². The van der Waals surface area contributed by atoms with E-state index in [-0.39, 0.29) is 23.7 Å². The summed E-state index contributed by atoms with van der Waals surface area (Å²) in [6.07, 6.45) is 8.56. The van der Waals surface area contributed by atoms with Crippen molar-refractivity contribution in [3.05, 3.63) is 34.9 Å². The Kier molecular flexibility index (Phi) is 6.35. The predicted octanol–water partition coefficient (Wildman–Crippen LogP) is 3.47. The quantitative estimate of drug-likeness (QED) is 0.761. The lowest BCUT2D eigenvalue weighted by Gasteiger charge is -2.16. The zero-order chi connectivity index (χ0) is 17.6. The Bertz CT molecular complexity index is 594. The van der Waals surface area contributed by atoms with Crippen LogP contribution in [0.2, 0.25) is 5.02 Å². The maximum absolute atomic E-state index is 12.3. The zero-order valence-corrected chi connectivity index (χ0v) is 15.4. The minimum absolute atomic E-state index is 0.00924. The van der Waals surface area contributed by atoms with Gasteiger partial charge in [-0.1, -0.05) is 49.4 Å². The molecule has 4 nitrogen and oxygen atoms in total. The molecule has 0 aromatic heterocycles. The summed E-state index contributed by atoms with van der Waals surface area (Å²) in [5.74, 6) is -0.186. The first-order valence-corrected chi connectivity index (χ1v) is 9.84.